The minimum Gasteiger partial charge on any atom is -0.316 e. The van der Waals surface area contributed by atoms with Crippen LogP contribution in [0.2, 0.25) is 0 Å². The normalized spacial score (nSPS) is 25.8. The molecule has 2 atom stereocenters. The van der Waals surface area contributed by atoms with Crippen LogP contribution in [0.3, 0.4) is 0 Å². The highest BCUT2D eigenvalue weighted by Gasteiger charge is 2.34. The van der Waals surface area contributed by atoms with Gasteiger partial charge in [-0.1, -0.05) is 6.42 Å². The highest BCUT2D eigenvalue weighted by atomic mass is 32.2. The van der Waals surface area contributed by atoms with Crippen molar-refractivity contribution in [2.75, 3.05) is 24.8 Å². The van der Waals surface area contributed by atoms with Crippen molar-refractivity contribution in [3.05, 3.63) is 0 Å². The summed E-state index contributed by atoms with van der Waals surface area (Å²) >= 11 is 0. The standard InChI is InChI=1S/C11H23NO4S2/c1-12-10(6-5-8-17(2,13)14)11-7-3-4-9-18(11,15)16/h10-12H,3-9H2,1-2H3. The maximum absolute atomic E-state index is 12.0. The van der Waals surface area contributed by atoms with Crippen LogP contribution in [0, 0.1) is 0 Å². The third-order valence-corrected chi connectivity index (χ3v) is 6.85. The largest absolute Gasteiger partial charge is 0.316 e. The van der Waals surface area contributed by atoms with Gasteiger partial charge in [-0.05, 0) is 32.7 Å². The molecule has 1 saturated heterocycles. The highest BCUT2D eigenvalue weighted by Crippen LogP contribution is 2.24. The fraction of sp³-hybridized carbons (Fsp3) is 1.00. The van der Waals surface area contributed by atoms with Gasteiger partial charge >= 0.3 is 0 Å². The lowest BCUT2D eigenvalue weighted by molar-refractivity contribution is 0.436. The van der Waals surface area contributed by atoms with Crippen molar-refractivity contribution in [2.45, 2.75) is 43.4 Å². The first-order chi connectivity index (χ1) is 8.26. The number of hydrogen-bond donors (Lipinski definition) is 1. The summed E-state index contributed by atoms with van der Waals surface area (Å²) < 4.78 is 46.1. The van der Waals surface area contributed by atoms with E-state index < -0.39 is 19.7 Å². The summed E-state index contributed by atoms with van der Waals surface area (Å²) in [5.41, 5.74) is 0. The number of nitrogens with one attached hydrogen (secondary N) is 1. The van der Waals surface area contributed by atoms with E-state index in [1.165, 1.54) is 6.26 Å². The van der Waals surface area contributed by atoms with Gasteiger partial charge in [0.05, 0.1) is 11.0 Å². The second-order valence-corrected chi connectivity index (χ2v) is 9.67. The topological polar surface area (TPSA) is 80.3 Å². The average molecular weight is 297 g/mol. The Morgan fingerprint density at radius 1 is 1.33 bits per heavy atom. The first-order valence-electron chi connectivity index (χ1n) is 6.33. The lowest BCUT2D eigenvalue weighted by Gasteiger charge is -2.29. The molecule has 0 saturated carbocycles. The van der Waals surface area contributed by atoms with Crippen LogP contribution in [0.25, 0.3) is 0 Å². The molecule has 18 heavy (non-hydrogen) atoms. The molecule has 0 amide bonds. The third-order valence-electron chi connectivity index (χ3n) is 3.48. The summed E-state index contributed by atoms with van der Waals surface area (Å²) in [6, 6.07) is -0.128. The van der Waals surface area contributed by atoms with Gasteiger partial charge in [-0.15, -0.1) is 0 Å². The molecule has 1 rings (SSSR count). The predicted octanol–water partition coefficient (Wildman–Crippen LogP) is 0.367. The van der Waals surface area contributed by atoms with Crippen molar-refractivity contribution >= 4 is 19.7 Å². The van der Waals surface area contributed by atoms with E-state index >= 15 is 0 Å². The maximum atomic E-state index is 12.0. The molecule has 0 spiro atoms. The summed E-state index contributed by atoms with van der Waals surface area (Å²) in [5, 5.41) is 2.69. The molecule has 1 fully saturated rings. The molecule has 1 aliphatic heterocycles. The molecule has 1 aliphatic rings. The summed E-state index contributed by atoms with van der Waals surface area (Å²) in [5.74, 6) is 0.389. The Labute approximate surface area is 110 Å². The van der Waals surface area contributed by atoms with Gasteiger partial charge in [0.25, 0.3) is 0 Å². The number of sulfone groups is 2. The van der Waals surface area contributed by atoms with E-state index in [4.69, 9.17) is 0 Å². The molecule has 1 heterocycles. The van der Waals surface area contributed by atoms with Gasteiger partial charge < -0.3 is 5.32 Å². The Hall–Kier alpha value is -0.140. The molecule has 0 aromatic rings. The average Bonchev–Trinajstić information content (AvgIpc) is 2.23. The minimum atomic E-state index is -3.01. The SMILES string of the molecule is CNC(CCCS(C)(=O)=O)C1CCCCS1(=O)=O. The smallest absolute Gasteiger partial charge is 0.154 e. The van der Waals surface area contributed by atoms with Crippen molar-refractivity contribution in [1.29, 1.82) is 0 Å². The van der Waals surface area contributed by atoms with Crippen molar-refractivity contribution in [3.8, 4) is 0 Å². The molecule has 2 unspecified atom stereocenters. The summed E-state index contributed by atoms with van der Waals surface area (Å²) in [6.07, 6.45) is 4.68. The fourth-order valence-electron chi connectivity index (χ4n) is 2.51. The summed E-state index contributed by atoms with van der Waals surface area (Å²) in [6.45, 7) is 0. The quantitative estimate of drug-likeness (QED) is 0.766. The van der Waals surface area contributed by atoms with Crippen LogP contribution < -0.4 is 5.32 Å². The van der Waals surface area contributed by atoms with E-state index in [9.17, 15) is 16.8 Å². The summed E-state index contributed by atoms with van der Waals surface area (Å²) in [4.78, 5) is 0. The van der Waals surface area contributed by atoms with Crippen molar-refractivity contribution < 1.29 is 16.8 Å². The fourth-order valence-corrected chi connectivity index (χ4v) is 5.41. The van der Waals surface area contributed by atoms with Crippen LogP contribution >= 0.6 is 0 Å². The van der Waals surface area contributed by atoms with Gasteiger partial charge in [-0.2, -0.15) is 0 Å². The van der Waals surface area contributed by atoms with Crippen LogP contribution in [0.4, 0.5) is 0 Å². The molecule has 0 aliphatic carbocycles. The van der Waals surface area contributed by atoms with Crippen molar-refractivity contribution in [1.82, 2.24) is 5.32 Å². The molecule has 1 N–H and O–H groups in total. The Morgan fingerprint density at radius 3 is 2.50 bits per heavy atom. The maximum Gasteiger partial charge on any atom is 0.154 e. The van der Waals surface area contributed by atoms with Crippen LogP contribution in [0.15, 0.2) is 0 Å². The zero-order valence-corrected chi connectivity index (χ0v) is 12.7. The number of hydrogen-bond acceptors (Lipinski definition) is 5. The Kier molecular flexibility index (Phi) is 5.61. The monoisotopic (exact) mass is 297 g/mol. The van der Waals surface area contributed by atoms with Crippen LogP contribution in [-0.4, -0.2) is 52.9 Å². The van der Waals surface area contributed by atoms with Gasteiger partial charge in [0, 0.05) is 18.1 Å². The van der Waals surface area contributed by atoms with E-state index in [-0.39, 0.29) is 22.8 Å². The van der Waals surface area contributed by atoms with Crippen molar-refractivity contribution in [3.63, 3.8) is 0 Å². The van der Waals surface area contributed by atoms with Gasteiger partial charge in [0.1, 0.15) is 9.84 Å². The third kappa shape index (κ3) is 4.85. The molecule has 0 aromatic heterocycles. The van der Waals surface area contributed by atoms with E-state index in [0.29, 0.717) is 19.3 Å². The van der Waals surface area contributed by atoms with E-state index in [2.05, 4.69) is 5.32 Å². The van der Waals surface area contributed by atoms with Gasteiger partial charge in [-0.25, -0.2) is 16.8 Å². The van der Waals surface area contributed by atoms with E-state index in [1.54, 1.807) is 7.05 Å². The second-order valence-electron chi connectivity index (χ2n) is 5.07. The van der Waals surface area contributed by atoms with Crippen molar-refractivity contribution in [2.24, 2.45) is 0 Å². The van der Waals surface area contributed by atoms with E-state index in [1.807, 2.05) is 0 Å². The lowest BCUT2D eigenvalue weighted by atomic mass is 10.0. The van der Waals surface area contributed by atoms with E-state index in [0.717, 1.165) is 12.8 Å². The Morgan fingerprint density at radius 2 is 2.00 bits per heavy atom. The Balaban J connectivity index is 2.60. The lowest BCUT2D eigenvalue weighted by Crippen LogP contribution is -2.45. The molecule has 5 nitrogen and oxygen atoms in total. The van der Waals surface area contributed by atoms with Gasteiger partial charge in [-0.3, -0.25) is 0 Å². The Bertz CT molecular complexity index is 455. The van der Waals surface area contributed by atoms with Gasteiger partial charge in [0.15, 0.2) is 9.84 Å². The van der Waals surface area contributed by atoms with Gasteiger partial charge in [0.2, 0.25) is 0 Å². The minimum absolute atomic E-state index is 0.123. The summed E-state index contributed by atoms with van der Waals surface area (Å²) in [7, 11) is -4.23. The molecule has 0 aromatic carbocycles. The first-order valence-corrected chi connectivity index (χ1v) is 10.1. The zero-order chi connectivity index (χ0) is 13.8. The van der Waals surface area contributed by atoms with Crippen LogP contribution in [0.5, 0.6) is 0 Å². The van der Waals surface area contributed by atoms with Crippen LogP contribution in [-0.2, 0) is 19.7 Å². The van der Waals surface area contributed by atoms with Crippen LogP contribution in [0.1, 0.15) is 32.1 Å². The molecule has 7 heteroatoms. The molecular formula is C11H23NO4S2. The first kappa shape index (κ1) is 15.9. The number of rotatable bonds is 6. The molecule has 0 bridgehead atoms. The predicted molar refractivity (Wildman–Crippen MR) is 73.2 cm³/mol. The molecular weight excluding hydrogens is 274 g/mol. The molecule has 0 radical (unpaired) electrons. The molecule has 108 valence electrons. The zero-order valence-electron chi connectivity index (χ0n) is 11.1. The second kappa shape index (κ2) is 6.34. The highest BCUT2D eigenvalue weighted by molar-refractivity contribution is 7.92.